The van der Waals surface area contributed by atoms with Gasteiger partial charge in [-0.05, 0) is 44.0 Å². The van der Waals surface area contributed by atoms with E-state index in [9.17, 15) is 9.59 Å². The number of hydrogen-bond donors (Lipinski definition) is 0. The van der Waals surface area contributed by atoms with Crippen molar-refractivity contribution >= 4 is 35.0 Å². The monoisotopic (exact) mass is 476 g/mol. The number of aryl methyl sites for hydroxylation is 1. The van der Waals surface area contributed by atoms with Crippen LogP contribution in [0.2, 0.25) is 0 Å². The van der Waals surface area contributed by atoms with Crippen LogP contribution in [-0.4, -0.2) is 70.5 Å². The second-order valence-corrected chi connectivity index (χ2v) is 10.4. The molecule has 4 rings (SSSR count). The first-order valence-corrected chi connectivity index (χ1v) is 12.6. The molecule has 0 bridgehead atoms. The molecule has 1 unspecified atom stereocenters. The molecule has 1 amide bonds. The maximum Gasteiger partial charge on any atom is 0.323 e. The third-order valence-electron chi connectivity index (χ3n) is 5.76. The molecule has 0 saturated carbocycles. The van der Waals surface area contributed by atoms with Gasteiger partial charge in [0.2, 0.25) is 5.91 Å². The Morgan fingerprint density at radius 1 is 1.28 bits per heavy atom. The summed E-state index contributed by atoms with van der Waals surface area (Å²) in [5.41, 5.74) is 2.10. The lowest BCUT2D eigenvalue weighted by atomic mass is 10.0. The van der Waals surface area contributed by atoms with Crippen LogP contribution in [0.5, 0.6) is 5.75 Å². The Labute approximate surface area is 196 Å². The van der Waals surface area contributed by atoms with E-state index in [1.807, 2.05) is 24.0 Å². The average molecular weight is 477 g/mol. The first-order chi connectivity index (χ1) is 15.5. The summed E-state index contributed by atoms with van der Waals surface area (Å²) in [6, 6.07) is 5.94. The van der Waals surface area contributed by atoms with Crippen LogP contribution in [-0.2, 0) is 27.4 Å². The molecule has 8 nitrogen and oxygen atoms in total. The van der Waals surface area contributed by atoms with Crippen molar-refractivity contribution in [1.29, 1.82) is 0 Å². The quantitative estimate of drug-likeness (QED) is 0.465. The smallest absolute Gasteiger partial charge is 0.323 e. The van der Waals surface area contributed by atoms with Gasteiger partial charge >= 0.3 is 5.97 Å². The van der Waals surface area contributed by atoms with Crippen molar-refractivity contribution in [3.63, 3.8) is 0 Å². The number of thioether (sulfide) groups is 1. The summed E-state index contributed by atoms with van der Waals surface area (Å²) in [7, 11) is 1.45. The molecule has 10 heteroatoms. The Balaban J connectivity index is 1.42. The highest BCUT2D eigenvalue weighted by molar-refractivity contribution is 8.01. The van der Waals surface area contributed by atoms with E-state index in [1.54, 1.807) is 0 Å². The van der Waals surface area contributed by atoms with E-state index >= 15 is 0 Å². The second kappa shape index (κ2) is 10.6. The number of carbonyl (C=O) groups excluding carboxylic acids is 2. The minimum absolute atomic E-state index is 0.0616. The van der Waals surface area contributed by atoms with Crippen molar-refractivity contribution in [3.8, 4) is 5.75 Å². The number of carbonyl (C=O) groups is 2. The number of likely N-dealkylation sites (tertiary alicyclic amines) is 1. The van der Waals surface area contributed by atoms with E-state index in [0.717, 1.165) is 52.0 Å². The molecule has 2 aromatic rings. The Bertz CT molecular complexity index is 967. The van der Waals surface area contributed by atoms with Crippen molar-refractivity contribution in [2.75, 3.05) is 32.6 Å². The van der Waals surface area contributed by atoms with Crippen molar-refractivity contribution in [2.45, 2.75) is 49.7 Å². The van der Waals surface area contributed by atoms with Crippen molar-refractivity contribution in [2.24, 2.45) is 0 Å². The molecule has 1 fully saturated rings. The minimum atomic E-state index is -0.192. The van der Waals surface area contributed by atoms with Gasteiger partial charge in [-0.25, -0.2) is 0 Å². The van der Waals surface area contributed by atoms with Crippen molar-refractivity contribution < 1.29 is 19.1 Å². The predicted octanol–water partition coefficient (Wildman–Crippen LogP) is 2.89. The van der Waals surface area contributed by atoms with Gasteiger partial charge in [0.1, 0.15) is 23.4 Å². The van der Waals surface area contributed by atoms with E-state index in [0.29, 0.717) is 32.0 Å². The second-order valence-electron chi connectivity index (χ2n) is 7.99. The van der Waals surface area contributed by atoms with Gasteiger partial charge in [-0.2, -0.15) is 0 Å². The summed E-state index contributed by atoms with van der Waals surface area (Å²) in [5, 5.41) is 8.97. The number of nitrogens with zero attached hydrogens (tertiary/aromatic N) is 4. The molecule has 0 spiro atoms. The Morgan fingerprint density at radius 2 is 2.16 bits per heavy atom. The van der Waals surface area contributed by atoms with Gasteiger partial charge in [0, 0.05) is 18.7 Å². The molecule has 3 heterocycles. The molecule has 0 N–H and O–H groups in total. The highest BCUT2D eigenvalue weighted by atomic mass is 32.2. The van der Waals surface area contributed by atoms with E-state index < -0.39 is 0 Å². The molecule has 2 aliphatic rings. The molecule has 1 atom stereocenters. The summed E-state index contributed by atoms with van der Waals surface area (Å²) in [5.74, 6) is 1.05. The number of aromatic nitrogens is 2. The lowest BCUT2D eigenvalue weighted by molar-refractivity contribution is -0.148. The Morgan fingerprint density at radius 3 is 2.94 bits per heavy atom. The third-order valence-corrected chi connectivity index (χ3v) is 7.71. The number of fused-ring (bicyclic) bond motifs is 1. The highest BCUT2D eigenvalue weighted by Crippen LogP contribution is 2.28. The molecule has 0 radical (unpaired) electrons. The van der Waals surface area contributed by atoms with Crippen LogP contribution in [0.15, 0.2) is 22.5 Å². The van der Waals surface area contributed by atoms with Gasteiger partial charge in [0.15, 0.2) is 4.34 Å². The van der Waals surface area contributed by atoms with Crippen LogP contribution in [0.25, 0.3) is 0 Å². The van der Waals surface area contributed by atoms with Crippen LogP contribution in [0.4, 0.5) is 0 Å². The fraction of sp³-hybridized carbons (Fsp3) is 0.545. The van der Waals surface area contributed by atoms with E-state index in [4.69, 9.17) is 9.47 Å². The number of amides is 1. The lowest BCUT2D eigenvalue weighted by Crippen LogP contribution is -2.44. The summed E-state index contributed by atoms with van der Waals surface area (Å²) in [4.78, 5) is 29.1. The van der Waals surface area contributed by atoms with Crippen LogP contribution >= 0.6 is 23.1 Å². The fourth-order valence-corrected chi connectivity index (χ4v) is 5.85. The van der Waals surface area contributed by atoms with Gasteiger partial charge in [0.25, 0.3) is 0 Å². The van der Waals surface area contributed by atoms with Gasteiger partial charge in [-0.15, -0.1) is 10.2 Å². The van der Waals surface area contributed by atoms with Crippen LogP contribution in [0.3, 0.4) is 0 Å². The number of benzene rings is 1. The molecule has 32 heavy (non-hydrogen) atoms. The van der Waals surface area contributed by atoms with Crippen molar-refractivity contribution in [3.05, 3.63) is 34.3 Å². The number of hydrogen-bond acceptors (Lipinski definition) is 9. The van der Waals surface area contributed by atoms with E-state index in [1.165, 1.54) is 30.2 Å². The SMILES string of the molecule is COC(=O)C1CCCCN1Cc1ccc2c(c1)CN(C(=O)CSc1nnc(C)s1)CCO2. The number of piperidine rings is 1. The topological polar surface area (TPSA) is 84.9 Å². The maximum absolute atomic E-state index is 12.8. The lowest BCUT2D eigenvalue weighted by Gasteiger charge is -2.33. The van der Waals surface area contributed by atoms with Crippen LogP contribution in [0, 0.1) is 6.92 Å². The zero-order valence-electron chi connectivity index (χ0n) is 18.4. The largest absolute Gasteiger partial charge is 0.491 e. The summed E-state index contributed by atoms with van der Waals surface area (Å²) in [6.45, 7) is 4.99. The van der Waals surface area contributed by atoms with Gasteiger partial charge in [-0.1, -0.05) is 35.6 Å². The molecule has 1 aromatic heterocycles. The number of rotatable bonds is 6. The number of ether oxygens (including phenoxy) is 2. The van der Waals surface area contributed by atoms with Crippen LogP contribution < -0.4 is 4.74 Å². The summed E-state index contributed by atoms with van der Waals surface area (Å²) < 4.78 is 11.7. The molecular formula is C22H28N4O4S2. The zero-order chi connectivity index (χ0) is 22.5. The Hall–Kier alpha value is -2.17. The fourth-order valence-electron chi connectivity index (χ4n) is 4.13. The summed E-state index contributed by atoms with van der Waals surface area (Å²) in [6.07, 6.45) is 2.95. The minimum Gasteiger partial charge on any atom is -0.491 e. The molecule has 0 aliphatic carbocycles. The molecular weight excluding hydrogens is 448 g/mol. The molecule has 1 aromatic carbocycles. The molecule has 1 saturated heterocycles. The number of esters is 1. The van der Waals surface area contributed by atoms with Gasteiger partial charge in [0.05, 0.1) is 19.4 Å². The van der Waals surface area contributed by atoms with Crippen LogP contribution in [0.1, 0.15) is 35.4 Å². The third kappa shape index (κ3) is 5.60. The Kier molecular flexibility index (Phi) is 7.64. The van der Waals surface area contributed by atoms with E-state index in [2.05, 4.69) is 21.2 Å². The maximum atomic E-state index is 12.8. The molecule has 2 aliphatic heterocycles. The first kappa shape index (κ1) is 23.0. The molecule has 172 valence electrons. The predicted molar refractivity (Wildman–Crippen MR) is 123 cm³/mol. The van der Waals surface area contributed by atoms with Gasteiger partial charge < -0.3 is 14.4 Å². The van der Waals surface area contributed by atoms with E-state index in [-0.39, 0.29) is 17.9 Å². The average Bonchev–Trinajstić information content (AvgIpc) is 3.10. The standard InChI is InChI=1S/C22H28N4O4S2/c1-15-23-24-22(32-15)31-14-20(27)26-9-10-30-19-7-6-16(11-17(19)13-26)12-25-8-4-3-5-18(25)21(28)29-2/h6-7,11,18H,3-5,8-10,12-14H2,1-2H3. The highest BCUT2D eigenvalue weighted by Gasteiger charge is 2.29. The summed E-state index contributed by atoms with van der Waals surface area (Å²) >= 11 is 2.92. The normalized spacial score (nSPS) is 19.1. The van der Waals surface area contributed by atoms with Crippen molar-refractivity contribution in [1.82, 2.24) is 20.0 Å². The van der Waals surface area contributed by atoms with Gasteiger partial charge in [-0.3, -0.25) is 14.5 Å². The first-order valence-electron chi connectivity index (χ1n) is 10.8. The number of methoxy groups -OCH3 is 1. The zero-order valence-corrected chi connectivity index (χ0v) is 20.0.